The van der Waals surface area contributed by atoms with Crippen LogP contribution in [0.5, 0.6) is 0 Å². The molecule has 0 amide bonds. The standard InChI is InChI=1S/C29H46O5/c1-2-3-8-16-27(31)21-20-25(19-18-24-13-9-7-10-14-24)26(22-28(32)23-30)15-11-5-4-6-12-17-29(33)34/h7,9-10,13-14,20-21,27-28,30-32H,2-6,8,11-12,15-19,22-23H2,1H3,(H,33,34). The highest BCUT2D eigenvalue weighted by Gasteiger charge is 2.12. The molecule has 2 unspecified atom stereocenters. The zero-order valence-electron chi connectivity index (χ0n) is 21.0. The third-order valence-corrected chi connectivity index (χ3v) is 6.16. The molecule has 0 aliphatic heterocycles. The molecule has 34 heavy (non-hydrogen) atoms. The molecule has 0 saturated heterocycles. The third-order valence-electron chi connectivity index (χ3n) is 6.16. The van der Waals surface area contributed by atoms with Gasteiger partial charge in [-0.25, -0.2) is 0 Å². The van der Waals surface area contributed by atoms with Gasteiger partial charge in [0.15, 0.2) is 0 Å². The van der Waals surface area contributed by atoms with Crippen molar-refractivity contribution in [3.63, 3.8) is 0 Å². The van der Waals surface area contributed by atoms with Gasteiger partial charge in [-0.3, -0.25) is 4.79 Å². The van der Waals surface area contributed by atoms with Gasteiger partial charge in [0.2, 0.25) is 0 Å². The number of aryl methyl sites for hydroxylation is 1. The molecular weight excluding hydrogens is 428 g/mol. The Morgan fingerprint density at radius 2 is 1.59 bits per heavy atom. The zero-order valence-corrected chi connectivity index (χ0v) is 21.0. The maximum atomic E-state index is 10.7. The first kappa shape index (κ1) is 30.1. The van der Waals surface area contributed by atoms with E-state index >= 15 is 0 Å². The van der Waals surface area contributed by atoms with E-state index in [2.05, 4.69) is 19.1 Å². The highest BCUT2D eigenvalue weighted by Crippen LogP contribution is 2.25. The lowest BCUT2D eigenvalue weighted by Crippen LogP contribution is -2.14. The highest BCUT2D eigenvalue weighted by atomic mass is 16.4. The molecular formula is C29H46O5. The molecule has 1 aromatic rings. The van der Waals surface area contributed by atoms with Crippen LogP contribution in [-0.4, -0.2) is 45.2 Å². The largest absolute Gasteiger partial charge is 0.481 e. The van der Waals surface area contributed by atoms with Gasteiger partial charge in [0.05, 0.1) is 18.8 Å². The lowest BCUT2D eigenvalue weighted by molar-refractivity contribution is -0.137. The first-order chi connectivity index (χ1) is 16.5. The van der Waals surface area contributed by atoms with Crippen molar-refractivity contribution in [2.45, 2.75) is 109 Å². The summed E-state index contributed by atoms with van der Waals surface area (Å²) < 4.78 is 0. The Bertz CT molecular complexity index is 710. The lowest BCUT2D eigenvalue weighted by atomic mass is 9.91. The highest BCUT2D eigenvalue weighted by molar-refractivity contribution is 5.66. The summed E-state index contributed by atoms with van der Waals surface area (Å²) >= 11 is 0. The second-order valence-electron chi connectivity index (χ2n) is 9.24. The van der Waals surface area contributed by atoms with Crippen LogP contribution >= 0.6 is 0 Å². The number of allylic oxidation sites excluding steroid dienone is 2. The van der Waals surface area contributed by atoms with Gasteiger partial charge in [-0.2, -0.15) is 0 Å². The average Bonchev–Trinajstić information content (AvgIpc) is 2.83. The summed E-state index contributed by atoms with van der Waals surface area (Å²) in [7, 11) is 0. The number of aliphatic hydroxyl groups excluding tert-OH is 3. The molecule has 0 spiro atoms. The van der Waals surface area contributed by atoms with E-state index in [-0.39, 0.29) is 13.0 Å². The Morgan fingerprint density at radius 1 is 0.912 bits per heavy atom. The van der Waals surface area contributed by atoms with Crippen LogP contribution in [0.3, 0.4) is 0 Å². The van der Waals surface area contributed by atoms with Crippen LogP contribution in [0.1, 0.15) is 96.0 Å². The third kappa shape index (κ3) is 15.0. The Morgan fingerprint density at radius 3 is 2.24 bits per heavy atom. The summed E-state index contributed by atoms with van der Waals surface area (Å²) in [6, 6.07) is 10.3. The Hall–Kier alpha value is -1.95. The van der Waals surface area contributed by atoms with E-state index in [4.69, 9.17) is 5.11 Å². The molecule has 0 saturated carbocycles. The Balaban J connectivity index is 2.88. The maximum absolute atomic E-state index is 10.7. The van der Waals surface area contributed by atoms with E-state index in [1.165, 1.54) is 5.56 Å². The molecule has 0 heterocycles. The van der Waals surface area contributed by atoms with Crippen LogP contribution in [0.2, 0.25) is 0 Å². The van der Waals surface area contributed by atoms with Gasteiger partial charge in [0, 0.05) is 6.42 Å². The molecule has 0 radical (unpaired) electrons. The number of hydrogen-bond donors (Lipinski definition) is 4. The molecule has 2 atom stereocenters. The van der Waals surface area contributed by atoms with Crippen LogP contribution in [0, 0.1) is 0 Å². The normalized spacial score (nSPS) is 14.2. The minimum atomic E-state index is -0.792. The minimum absolute atomic E-state index is 0.225. The van der Waals surface area contributed by atoms with Crippen LogP contribution in [0.25, 0.3) is 0 Å². The topological polar surface area (TPSA) is 98.0 Å². The van der Waals surface area contributed by atoms with Crippen molar-refractivity contribution in [1.29, 1.82) is 0 Å². The summed E-state index contributed by atoms with van der Waals surface area (Å²) in [5.41, 5.74) is 3.52. The summed E-state index contributed by atoms with van der Waals surface area (Å²) in [6.45, 7) is 1.88. The van der Waals surface area contributed by atoms with Gasteiger partial charge >= 0.3 is 5.97 Å². The minimum Gasteiger partial charge on any atom is -0.481 e. The van der Waals surface area contributed by atoms with Crippen LogP contribution in [0.15, 0.2) is 53.6 Å². The smallest absolute Gasteiger partial charge is 0.303 e. The number of hydrogen-bond acceptors (Lipinski definition) is 4. The average molecular weight is 475 g/mol. The first-order valence-electron chi connectivity index (χ1n) is 13.1. The monoisotopic (exact) mass is 474 g/mol. The predicted molar refractivity (Wildman–Crippen MR) is 139 cm³/mol. The lowest BCUT2D eigenvalue weighted by Gasteiger charge is -2.17. The first-order valence-corrected chi connectivity index (χ1v) is 13.1. The molecule has 192 valence electrons. The van der Waals surface area contributed by atoms with Crippen molar-refractivity contribution in [1.82, 2.24) is 0 Å². The fourth-order valence-electron chi connectivity index (χ4n) is 4.12. The second-order valence-corrected chi connectivity index (χ2v) is 9.24. The number of aliphatic hydroxyl groups is 3. The van der Waals surface area contributed by atoms with Crippen molar-refractivity contribution < 1.29 is 25.2 Å². The Kier molecular flexibility index (Phi) is 17.1. The van der Waals surface area contributed by atoms with E-state index in [9.17, 15) is 20.1 Å². The maximum Gasteiger partial charge on any atom is 0.303 e. The number of carboxylic acid groups (broad SMARTS) is 1. The van der Waals surface area contributed by atoms with E-state index in [0.29, 0.717) is 12.8 Å². The molecule has 0 aromatic heterocycles. The number of carbonyl (C=O) groups is 1. The van der Waals surface area contributed by atoms with Crippen molar-refractivity contribution in [3.05, 3.63) is 59.2 Å². The van der Waals surface area contributed by atoms with E-state index in [1.54, 1.807) is 0 Å². The molecule has 0 fully saturated rings. The fraction of sp³-hybridized carbons (Fsp3) is 0.621. The molecule has 5 nitrogen and oxygen atoms in total. The number of rotatable bonds is 20. The van der Waals surface area contributed by atoms with Gasteiger partial charge < -0.3 is 20.4 Å². The van der Waals surface area contributed by atoms with Crippen molar-refractivity contribution >= 4 is 5.97 Å². The summed E-state index contributed by atoms with van der Waals surface area (Å²) in [5, 5.41) is 38.8. The summed E-state index contributed by atoms with van der Waals surface area (Å²) in [4.78, 5) is 10.7. The molecule has 0 aliphatic rings. The van der Waals surface area contributed by atoms with E-state index < -0.39 is 18.2 Å². The number of carboxylic acids is 1. The van der Waals surface area contributed by atoms with Crippen LogP contribution in [0.4, 0.5) is 0 Å². The summed E-state index contributed by atoms with van der Waals surface area (Å²) in [5.74, 6) is -0.741. The summed E-state index contributed by atoms with van der Waals surface area (Å²) in [6.07, 6.45) is 14.4. The van der Waals surface area contributed by atoms with Crippen molar-refractivity contribution in [2.75, 3.05) is 6.61 Å². The number of benzene rings is 1. The van der Waals surface area contributed by atoms with Gasteiger partial charge in [-0.1, -0.05) is 93.5 Å². The van der Waals surface area contributed by atoms with E-state index in [1.807, 2.05) is 30.4 Å². The van der Waals surface area contributed by atoms with Gasteiger partial charge in [-0.15, -0.1) is 0 Å². The van der Waals surface area contributed by atoms with Crippen molar-refractivity contribution in [3.8, 4) is 0 Å². The van der Waals surface area contributed by atoms with Gasteiger partial charge in [-0.05, 0) is 56.1 Å². The van der Waals surface area contributed by atoms with Gasteiger partial charge in [0.25, 0.3) is 0 Å². The predicted octanol–water partition coefficient (Wildman–Crippen LogP) is 5.97. The van der Waals surface area contributed by atoms with Crippen molar-refractivity contribution in [2.24, 2.45) is 0 Å². The molecule has 0 bridgehead atoms. The van der Waals surface area contributed by atoms with Crippen LogP contribution in [-0.2, 0) is 11.2 Å². The van der Waals surface area contributed by atoms with Gasteiger partial charge in [0.1, 0.15) is 0 Å². The SMILES string of the molecule is CCCCCC(O)C=CC(CCc1ccccc1)=C(CCCCCCCC(=O)O)CC(O)CO. The Labute approximate surface area is 206 Å². The van der Waals surface area contributed by atoms with Crippen LogP contribution < -0.4 is 0 Å². The second kappa shape index (κ2) is 19.4. The van der Waals surface area contributed by atoms with E-state index in [0.717, 1.165) is 81.8 Å². The number of unbranched alkanes of at least 4 members (excludes halogenated alkanes) is 6. The number of aliphatic carboxylic acids is 1. The quantitative estimate of drug-likeness (QED) is 0.138. The fourth-order valence-corrected chi connectivity index (χ4v) is 4.12. The molecule has 1 rings (SSSR count). The molecule has 1 aromatic carbocycles. The molecule has 0 aliphatic carbocycles. The molecule has 5 heteroatoms. The zero-order chi connectivity index (χ0) is 25.0. The molecule has 4 N–H and O–H groups in total.